The van der Waals surface area contributed by atoms with Crippen LogP contribution in [0.3, 0.4) is 0 Å². The molecule has 1 atom stereocenters. The van der Waals surface area contributed by atoms with Crippen LogP contribution in [0.1, 0.15) is 44.6 Å². The van der Waals surface area contributed by atoms with E-state index in [0.29, 0.717) is 18.8 Å². The van der Waals surface area contributed by atoms with E-state index in [1.165, 1.54) is 0 Å². The van der Waals surface area contributed by atoms with Crippen LogP contribution in [0.4, 0.5) is 4.79 Å². The zero-order valence-electron chi connectivity index (χ0n) is 14.3. The van der Waals surface area contributed by atoms with E-state index in [2.05, 4.69) is 16.7 Å². The molecule has 1 aromatic rings. The second-order valence-electron chi connectivity index (χ2n) is 6.48. The first kappa shape index (κ1) is 18.1. The second-order valence-corrected chi connectivity index (χ2v) is 6.48. The van der Waals surface area contributed by atoms with Crippen LogP contribution in [-0.4, -0.2) is 28.8 Å². The molecule has 122 valence electrons. The van der Waals surface area contributed by atoms with Crippen molar-refractivity contribution in [2.75, 3.05) is 6.54 Å². The molecule has 0 bridgehead atoms. The number of rotatable bonds is 5. The lowest BCUT2D eigenvalue weighted by atomic mass is 10.2. The summed E-state index contributed by atoms with van der Waals surface area (Å²) >= 11 is 0. The van der Waals surface area contributed by atoms with Crippen LogP contribution in [0.25, 0.3) is 0 Å². The van der Waals surface area contributed by atoms with Crippen molar-refractivity contribution in [2.24, 2.45) is 7.05 Å². The summed E-state index contributed by atoms with van der Waals surface area (Å²) in [6.45, 7) is 10.6. The number of carbonyl (C=O) groups is 1. The Labute approximate surface area is 132 Å². The summed E-state index contributed by atoms with van der Waals surface area (Å²) in [5.41, 5.74) is 2.31. The molecular weight excluding hydrogens is 280 g/mol. The number of amides is 1. The summed E-state index contributed by atoms with van der Waals surface area (Å²) < 4.78 is 7.06. The van der Waals surface area contributed by atoms with Gasteiger partial charge in [0.1, 0.15) is 17.4 Å². The van der Waals surface area contributed by atoms with Gasteiger partial charge in [0, 0.05) is 31.9 Å². The van der Waals surface area contributed by atoms with Gasteiger partial charge < -0.3 is 19.9 Å². The molecule has 6 heteroatoms. The molecule has 0 radical (unpaired) electrons. The molecule has 1 rings (SSSR count). The van der Waals surface area contributed by atoms with Crippen molar-refractivity contribution >= 4 is 6.09 Å². The van der Waals surface area contributed by atoms with Crippen LogP contribution in [0.5, 0.6) is 0 Å². The number of hydrogen-bond donors (Lipinski definition) is 2. The largest absolute Gasteiger partial charge is 0.444 e. The Balaban J connectivity index is 2.43. The number of nitriles is 1. The predicted octanol–water partition coefficient (Wildman–Crippen LogP) is 2.21. The number of hydrogen-bond acceptors (Lipinski definition) is 4. The van der Waals surface area contributed by atoms with E-state index in [0.717, 1.165) is 11.3 Å². The Bertz CT molecular complexity index is 564. The Morgan fingerprint density at radius 2 is 2.14 bits per heavy atom. The van der Waals surface area contributed by atoms with Gasteiger partial charge >= 0.3 is 6.09 Å². The maximum Gasteiger partial charge on any atom is 0.407 e. The van der Waals surface area contributed by atoms with Crippen LogP contribution in [0, 0.1) is 18.3 Å². The molecule has 2 N–H and O–H groups in total. The maximum absolute atomic E-state index is 11.6. The van der Waals surface area contributed by atoms with Crippen molar-refractivity contribution in [2.45, 2.75) is 52.8 Å². The van der Waals surface area contributed by atoms with E-state index >= 15 is 0 Å². The van der Waals surface area contributed by atoms with E-state index in [4.69, 9.17) is 10.00 Å². The fraction of sp³-hybridized carbons (Fsp3) is 0.625. The minimum atomic E-state index is -0.490. The summed E-state index contributed by atoms with van der Waals surface area (Å²) in [5, 5.41) is 15.1. The standard InChI is InChI=1S/C16H26N4O2/c1-11(9-19-15(21)22-16(3,4)5)18-10-13-7-14(8-17)20(6)12(13)2/h7,11,18H,9-10H2,1-6H3,(H,19,21). The smallest absolute Gasteiger partial charge is 0.407 e. The molecular formula is C16H26N4O2. The molecule has 0 fully saturated rings. The van der Waals surface area contributed by atoms with Gasteiger partial charge in [-0.3, -0.25) is 0 Å². The van der Waals surface area contributed by atoms with Gasteiger partial charge in [0.25, 0.3) is 0 Å². The highest BCUT2D eigenvalue weighted by Crippen LogP contribution is 2.13. The first-order chi connectivity index (χ1) is 10.1. The number of nitrogens with one attached hydrogen (secondary N) is 2. The summed E-state index contributed by atoms with van der Waals surface area (Å²) in [4.78, 5) is 11.6. The molecule has 0 spiro atoms. The molecule has 0 saturated carbocycles. The minimum absolute atomic E-state index is 0.0951. The lowest BCUT2D eigenvalue weighted by Gasteiger charge is -2.21. The highest BCUT2D eigenvalue weighted by molar-refractivity contribution is 5.67. The van der Waals surface area contributed by atoms with Gasteiger partial charge in [-0.25, -0.2) is 4.79 Å². The van der Waals surface area contributed by atoms with Crippen molar-refractivity contribution in [3.63, 3.8) is 0 Å². The monoisotopic (exact) mass is 306 g/mol. The van der Waals surface area contributed by atoms with E-state index in [1.54, 1.807) is 0 Å². The Morgan fingerprint density at radius 3 is 2.64 bits per heavy atom. The van der Waals surface area contributed by atoms with Crippen LogP contribution in [0.15, 0.2) is 6.07 Å². The number of nitrogens with zero attached hydrogens (tertiary/aromatic N) is 2. The van der Waals surface area contributed by atoms with Gasteiger partial charge in [-0.15, -0.1) is 0 Å². The topological polar surface area (TPSA) is 79.1 Å². The van der Waals surface area contributed by atoms with Crippen molar-refractivity contribution < 1.29 is 9.53 Å². The Kier molecular flexibility index (Phi) is 6.01. The molecule has 1 unspecified atom stereocenters. The molecule has 0 aliphatic rings. The normalized spacial score (nSPS) is 12.6. The number of aromatic nitrogens is 1. The fourth-order valence-electron chi connectivity index (χ4n) is 1.96. The molecule has 22 heavy (non-hydrogen) atoms. The lowest BCUT2D eigenvalue weighted by Crippen LogP contribution is -2.41. The van der Waals surface area contributed by atoms with Gasteiger partial charge in [0.15, 0.2) is 0 Å². The number of alkyl carbamates (subject to hydrolysis) is 1. The SMILES string of the molecule is Cc1c(CNC(C)CNC(=O)OC(C)(C)C)cc(C#N)n1C. The van der Waals surface area contributed by atoms with Gasteiger partial charge in [-0.1, -0.05) is 0 Å². The molecule has 0 saturated heterocycles. The predicted molar refractivity (Wildman–Crippen MR) is 85.4 cm³/mol. The minimum Gasteiger partial charge on any atom is -0.444 e. The highest BCUT2D eigenvalue weighted by Gasteiger charge is 2.16. The van der Waals surface area contributed by atoms with Crippen LogP contribution >= 0.6 is 0 Å². The third-order valence-electron chi connectivity index (χ3n) is 3.35. The van der Waals surface area contributed by atoms with Crippen molar-refractivity contribution in [3.05, 3.63) is 23.0 Å². The van der Waals surface area contributed by atoms with E-state index in [1.807, 2.05) is 52.3 Å². The van der Waals surface area contributed by atoms with Crippen LogP contribution in [-0.2, 0) is 18.3 Å². The zero-order chi connectivity index (χ0) is 16.9. The first-order valence-corrected chi connectivity index (χ1v) is 7.39. The Morgan fingerprint density at radius 1 is 1.50 bits per heavy atom. The van der Waals surface area contributed by atoms with Gasteiger partial charge in [0.05, 0.1) is 0 Å². The summed E-state index contributed by atoms with van der Waals surface area (Å²) in [7, 11) is 1.88. The van der Waals surface area contributed by atoms with Gasteiger partial charge in [-0.05, 0) is 46.2 Å². The maximum atomic E-state index is 11.6. The summed E-state index contributed by atoms with van der Waals surface area (Å²) in [6.07, 6.45) is -0.413. The summed E-state index contributed by atoms with van der Waals surface area (Å²) in [5.74, 6) is 0. The third kappa shape index (κ3) is 5.41. The molecule has 0 aromatic carbocycles. The molecule has 6 nitrogen and oxygen atoms in total. The van der Waals surface area contributed by atoms with Crippen molar-refractivity contribution in [1.29, 1.82) is 5.26 Å². The lowest BCUT2D eigenvalue weighted by molar-refractivity contribution is 0.0523. The zero-order valence-corrected chi connectivity index (χ0v) is 14.3. The molecule has 0 aliphatic heterocycles. The summed E-state index contributed by atoms with van der Waals surface area (Å²) in [6, 6.07) is 4.15. The van der Waals surface area contributed by atoms with Crippen LogP contribution in [0.2, 0.25) is 0 Å². The molecule has 1 aromatic heterocycles. The van der Waals surface area contributed by atoms with Gasteiger partial charge in [-0.2, -0.15) is 5.26 Å². The Hall–Kier alpha value is -2.00. The first-order valence-electron chi connectivity index (χ1n) is 7.39. The van der Waals surface area contributed by atoms with Crippen LogP contribution < -0.4 is 10.6 Å². The van der Waals surface area contributed by atoms with E-state index in [9.17, 15) is 4.79 Å². The molecule has 1 heterocycles. The third-order valence-corrected chi connectivity index (χ3v) is 3.35. The van der Waals surface area contributed by atoms with Crippen molar-refractivity contribution in [3.8, 4) is 6.07 Å². The van der Waals surface area contributed by atoms with Crippen molar-refractivity contribution in [1.82, 2.24) is 15.2 Å². The second kappa shape index (κ2) is 7.32. The molecule has 0 aliphatic carbocycles. The number of carbonyl (C=O) groups excluding carboxylic acids is 1. The highest BCUT2D eigenvalue weighted by atomic mass is 16.6. The van der Waals surface area contributed by atoms with E-state index in [-0.39, 0.29) is 6.04 Å². The fourth-order valence-corrected chi connectivity index (χ4v) is 1.96. The number of ether oxygens (including phenoxy) is 1. The quantitative estimate of drug-likeness (QED) is 0.874. The van der Waals surface area contributed by atoms with E-state index < -0.39 is 11.7 Å². The average Bonchev–Trinajstić information content (AvgIpc) is 2.68. The average molecular weight is 306 g/mol. The molecule has 1 amide bonds. The van der Waals surface area contributed by atoms with Gasteiger partial charge in [0.2, 0.25) is 0 Å².